The van der Waals surface area contributed by atoms with Crippen molar-refractivity contribution in [1.29, 1.82) is 5.26 Å². The molecule has 2 rings (SSSR count). The van der Waals surface area contributed by atoms with E-state index in [1.165, 1.54) is 17.3 Å². The Morgan fingerprint density at radius 3 is 2.32 bits per heavy atom. The zero-order valence-electron chi connectivity index (χ0n) is 15.8. The van der Waals surface area contributed by atoms with E-state index in [1.54, 1.807) is 0 Å². The van der Waals surface area contributed by atoms with Crippen LogP contribution in [-0.4, -0.2) is 22.3 Å². The Morgan fingerprint density at radius 1 is 1.20 bits per heavy atom. The van der Waals surface area contributed by atoms with Crippen LogP contribution in [0, 0.1) is 11.3 Å². The molecule has 0 saturated heterocycles. The van der Waals surface area contributed by atoms with Gasteiger partial charge in [0.05, 0.1) is 5.69 Å². The highest BCUT2D eigenvalue weighted by Gasteiger charge is 2.18. The Morgan fingerprint density at radius 2 is 1.84 bits per heavy atom. The molecule has 0 saturated carbocycles. The van der Waals surface area contributed by atoms with E-state index in [0.717, 1.165) is 12.0 Å². The fraction of sp³-hybridized carbons (Fsp3) is 0.450. The van der Waals surface area contributed by atoms with Crippen LogP contribution in [-0.2, 0) is 5.41 Å². The molecular weight excluding hydrogens is 328 g/mol. The molecular formula is C20H26N4S. The Labute approximate surface area is 155 Å². The van der Waals surface area contributed by atoms with E-state index < -0.39 is 0 Å². The van der Waals surface area contributed by atoms with Gasteiger partial charge in [-0.2, -0.15) is 5.26 Å². The van der Waals surface area contributed by atoms with Crippen molar-refractivity contribution in [2.45, 2.75) is 57.7 Å². The van der Waals surface area contributed by atoms with E-state index in [1.807, 2.05) is 18.4 Å². The monoisotopic (exact) mass is 354 g/mol. The lowest BCUT2D eigenvalue weighted by Crippen LogP contribution is -2.16. The standard InChI is InChI=1S/C20H26N4S/c1-7-13(2)22-18-16(12-21)17(23-19(24-18)25-6)14-8-10-15(11-9-14)20(3,4)5/h8-11,13H,7H2,1-6H3,(H,22,23,24)/t13-/m1/s1. The first-order valence-electron chi connectivity index (χ1n) is 8.53. The highest BCUT2D eigenvalue weighted by atomic mass is 32.2. The molecule has 0 aliphatic carbocycles. The zero-order valence-corrected chi connectivity index (χ0v) is 16.7. The number of benzene rings is 1. The summed E-state index contributed by atoms with van der Waals surface area (Å²) in [5, 5.41) is 13.7. The van der Waals surface area contributed by atoms with E-state index in [0.29, 0.717) is 22.2 Å². The van der Waals surface area contributed by atoms with Gasteiger partial charge in [-0.1, -0.05) is 63.7 Å². The summed E-state index contributed by atoms with van der Waals surface area (Å²) >= 11 is 1.48. The second-order valence-electron chi connectivity index (χ2n) is 7.18. The smallest absolute Gasteiger partial charge is 0.189 e. The van der Waals surface area contributed by atoms with Crippen LogP contribution in [0.25, 0.3) is 11.3 Å². The van der Waals surface area contributed by atoms with E-state index in [2.05, 4.69) is 68.1 Å². The predicted octanol–water partition coefficient (Wildman–Crippen LogP) is 5.25. The molecule has 4 nitrogen and oxygen atoms in total. The number of nitriles is 1. The van der Waals surface area contributed by atoms with E-state index in [-0.39, 0.29) is 11.5 Å². The summed E-state index contributed by atoms with van der Waals surface area (Å²) in [6.45, 7) is 10.8. The van der Waals surface area contributed by atoms with Crippen LogP contribution in [0.5, 0.6) is 0 Å². The van der Waals surface area contributed by atoms with Gasteiger partial charge in [-0.15, -0.1) is 0 Å². The van der Waals surface area contributed by atoms with Crippen LogP contribution in [0.4, 0.5) is 5.82 Å². The third-order valence-electron chi connectivity index (χ3n) is 4.20. The molecule has 2 aromatic rings. The summed E-state index contributed by atoms with van der Waals surface area (Å²) in [4.78, 5) is 9.12. The van der Waals surface area contributed by atoms with Gasteiger partial charge in [0.2, 0.25) is 0 Å². The first-order valence-corrected chi connectivity index (χ1v) is 9.76. The van der Waals surface area contributed by atoms with Gasteiger partial charge in [0.1, 0.15) is 17.5 Å². The normalized spacial score (nSPS) is 12.5. The molecule has 1 aromatic heterocycles. The number of aromatic nitrogens is 2. The van der Waals surface area contributed by atoms with Gasteiger partial charge in [0.25, 0.3) is 0 Å². The van der Waals surface area contributed by atoms with E-state index >= 15 is 0 Å². The molecule has 25 heavy (non-hydrogen) atoms. The number of hydrogen-bond acceptors (Lipinski definition) is 5. The van der Waals surface area contributed by atoms with Crippen LogP contribution in [0.1, 0.15) is 52.2 Å². The fourth-order valence-electron chi connectivity index (χ4n) is 2.41. The van der Waals surface area contributed by atoms with Gasteiger partial charge in [-0.25, -0.2) is 9.97 Å². The lowest BCUT2D eigenvalue weighted by Gasteiger charge is -2.19. The fourth-order valence-corrected chi connectivity index (χ4v) is 2.78. The van der Waals surface area contributed by atoms with Gasteiger partial charge in [-0.3, -0.25) is 0 Å². The van der Waals surface area contributed by atoms with Gasteiger partial charge in [0.15, 0.2) is 5.16 Å². The summed E-state index contributed by atoms with van der Waals surface area (Å²) in [6, 6.07) is 10.8. The van der Waals surface area contributed by atoms with Gasteiger partial charge in [0, 0.05) is 11.6 Å². The van der Waals surface area contributed by atoms with Crippen LogP contribution in [0.2, 0.25) is 0 Å². The maximum atomic E-state index is 9.72. The molecule has 0 aliphatic heterocycles. The van der Waals surface area contributed by atoms with Crippen molar-refractivity contribution in [2.75, 3.05) is 11.6 Å². The molecule has 1 aromatic carbocycles. The first-order chi connectivity index (χ1) is 11.8. The quantitative estimate of drug-likeness (QED) is 0.587. The molecule has 1 N–H and O–H groups in total. The molecule has 0 amide bonds. The number of nitrogens with one attached hydrogen (secondary N) is 1. The van der Waals surface area contributed by atoms with E-state index in [9.17, 15) is 5.26 Å². The molecule has 132 valence electrons. The van der Waals surface area contributed by atoms with Crippen LogP contribution >= 0.6 is 11.8 Å². The summed E-state index contributed by atoms with van der Waals surface area (Å²) in [5.41, 5.74) is 3.48. The maximum Gasteiger partial charge on any atom is 0.189 e. The lowest BCUT2D eigenvalue weighted by atomic mass is 9.86. The summed E-state index contributed by atoms with van der Waals surface area (Å²) in [5.74, 6) is 0.617. The summed E-state index contributed by atoms with van der Waals surface area (Å²) in [7, 11) is 0. The second-order valence-corrected chi connectivity index (χ2v) is 7.95. The van der Waals surface area contributed by atoms with Crippen molar-refractivity contribution in [2.24, 2.45) is 0 Å². The first kappa shape index (κ1) is 19.3. The number of anilines is 1. The molecule has 0 aliphatic rings. The molecule has 0 bridgehead atoms. The van der Waals surface area contributed by atoms with Crippen LogP contribution < -0.4 is 5.32 Å². The Kier molecular flexibility index (Phi) is 6.07. The Balaban J connectivity index is 2.56. The van der Waals surface area contributed by atoms with Crippen LogP contribution in [0.15, 0.2) is 29.4 Å². The molecule has 1 heterocycles. The van der Waals surface area contributed by atoms with Crippen molar-refractivity contribution in [3.05, 3.63) is 35.4 Å². The van der Waals surface area contributed by atoms with E-state index in [4.69, 9.17) is 0 Å². The summed E-state index contributed by atoms with van der Waals surface area (Å²) in [6.07, 6.45) is 2.90. The summed E-state index contributed by atoms with van der Waals surface area (Å²) < 4.78 is 0. The van der Waals surface area contributed by atoms with Crippen LogP contribution in [0.3, 0.4) is 0 Å². The van der Waals surface area contributed by atoms with Gasteiger partial charge < -0.3 is 5.32 Å². The lowest BCUT2D eigenvalue weighted by molar-refractivity contribution is 0.590. The minimum Gasteiger partial charge on any atom is -0.366 e. The predicted molar refractivity (Wildman–Crippen MR) is 106 cm³/mol. The maximum absolute atomic E-state index is 9.72. The largest absolute Gasteiger partial charge is 0.366 e. The minimum absolute atomic E-state index is 0.0932. The van der Waals surface area contributed by atoms with Crippen molar-refractivity contribution in [3.63, 3.8) is 0 Å². The number of hydrogen-bond donors (Lipinski definition) is 1. The topological polar surface area (TPSA) is 61.6 Å². The molecule has 0 spiro atoms. The average molecular weight is 355 g/mol. The Hall–Kier alpha value is -2.06. The van der Waals surface area contributed by atoms with Crippen molar-refractivity contribution >= 4 is 17.6 Å². The Bertz CT molecular complexity index is 770. The van der Waals surface area contributed by atoms with Crippen molar-refractivity contribution < 1.29 is 0 Å². The highest BCUT2D eigenvalue weighted by molar-refractivity contribution is 7.98. The highest BCUT2D eigenvalue weighted by Crippen LogP contribution is 2.31. The van der Waals surface area contributed by atoms with Crippen molar-refractivity contribution in [1.82, 2.24) is 9.97 Å². The SMILES string of the molecule is CC[C@@H](C)Nc1nc(SC)nc(-c2ccc(C(C)(C)C)cc2)c1C#N. The van der Waals surface area contributed by atoms with Gasteiger partial charge >= 0.3 is 0 Å². The second kappa shape index (κ2) is 7.88. The molecule has 1 atom stereocenters. The number of rotatable bonds is 5. The third kappa shape index (κ3) is 4.52. The minimum atomic E-state index is 0.0932. The average Bonchev–Trinajstić information content (AvgIpc) is 2.60. The molecule has 0 fully saturated rings. The number of thioether (sulfide) groups is 1. The third-order valence-corrected chi connectivity index (χ3v) is 4.75. The number of nitrogens with zero attached hydrogens (tertiary/aromatic N) is 3. The zero-order chi connectivity index (χ0) is 18.6. The van der Waals surface area contributed by atoms with Crippen molar-refractivity contribution in [3.8, 4) is 17.3 Å². The molecule has 0 radical (unpaired) electrons. The molecule has 5 heteroatoms. The van der Waals surface area contributed by atoms with Gasteiger partial charge in [-0.05, 0) is 30.6 Å². The molecule has 0 unspecified atom stereocenters.